The Morgan fingerprint density at radius 3 is 2.75 bits per heavy atom. The maximum Gasteiger partial charge on any atom is 0.191 e. The van der Waals surface area contributed by atoms with Gasteiger partial charge < -0.3 is 4.74 Å². The van der Waals surface area contributed by atoms with Crippen molar-refractivity contribution in [1.82, 2.24) is 0 Å². The minimum atomic E-state index is -0.223. The Balaban J connectivity index is 2.32. The number of hydrogen-bond acceptors (Lipinski definition) is 2. The predicted molar refractivity (Wildman–Crippen MR) is 66.9 cm³/mol. The summed E-state index contributed by atoms with van der Waals surface area (Å²) in [5, 5.41) is 0. The van der Waals surface area contributed by atoms with Crippen molar-refractivity contribution < 1.29 is 9.53 Å². The molecule has 3 heteroatoms. The number of hydrogen-bond donors (Lipinski definition) is 0. The first-order chi connectivity index (χ1) is 7.59. The van der Waals surface area contributed by atoms with E-state index in [9.17, 15) is 4.79 Å². The summed E-state index contributed by atoms with van der Waals surface area (Å²) < 4.78 is 6.48. The molecule has 1 saturated heterocycles. The summed E-state index contributed by atoms with van der Waals surface area (Å²) >= 11 is 3.47. The summed E-state index contributed by atoms with van der Waals surface area (Å²) in [4.78, 5) is 12.2. The van der Waals surface area contributed by atoms with Crippen LogP contribution in [0.15, 0.2) is 16.6 Å². The summed E-state index contributed by atoms with van der Waals surface area (Å²) in [6, 6.07) is 3.95. The highest BCUT2D eigenvalue weighted by Gasteiger charge is 2.26. The Hall–Kier alpha value is -0.670. The quantitative estimate of drug-likeness (QED) is 0.777. The zero-order chi connectivity index (χ0) is 11.7. The van der Waals surface area contributed by atoms with Gasteiger partial charge in [0, 0.05) is 16.6 Å². The molecule has 2 rings (SSSR count). The first-order valence-corrected chi connectivity index (χ1v) is 6.31. The number of rotatable bonds is 2. The Labute approximate surface area is 104 Å². The van der Waals surface area contributed by atoms with E-state index >= 15 is 0 Å². The lowest BCUT2D eigenvalue weighted by Gasteiger charge is -2.12. The number of aryl methyl sites for hydroxylation is 2. The molecule has 0 bridgehead atoms. The Morgan fingerprint density at radius 1 is 1.38 bits per heavy atom. The second-order valence-electron chi connectivity index (χ2n) is 4.28. The van der Waals surface area contributed by atoms with Crippen LogP contribution in [0.25, 0.3) is 0 Å². The van der Waals surface area contributed by atoms with E-state index in [2.05, 4.69) is 15.9 Å². The van der Waals surface area contributed by atoms with Crippen molar-refractivity contribution in [1.29, 1.82) is 0 Å². The molecular formula is C13H15BrO2. The molecule has 1 aliphatic heterocycles. The molecule has 2 nitrogen and oxygen atoms in total. The van der Waals surface area contributed by atoms with Crippen LogP contribution in [0.4, 0.5) is 0 Å². The van der Waals surface area contributed by atoms with Gasteiger partial charge in [0.05, 0.1) is 0 Å². The SMILES string of the molecule is Cc1cc(C(=O)C2CCCO2)c(C)cc1Br. The van der Waals surface area contributed by atoms with Crippen molar-refractivity contribution >= 4 is 21.7 Å². The fraction of sp³-hybridized carbons (Fsp3) is 0.462. The summed E-state index contributed by atoms with van der Waals surface area (Å²) in [7, 11) is 0. The van der Waals surface area contributed by atoms with Crippen LogP contribution in [0, 0.1) is 13.8 Å². The third kappa shape index (κ3) is 2.20. The van der Waals surface area contributed by atoms with Crippen LogP contribution < -0.4 is 0 Å². The van der Waals surface area contributed by atoms with Crippen LogP contribution in [0.1, 0.15) is 34.3 Å². The number of ether oxygens (including phenoxy) is 1. The van der Waals surface area contributed by atoms with Gasteiger partial charge in [-0.25, -0.2) is 0 Å². The van der Waals surface area contributed by atoms with Crippen LogP contribution in [0.3, 0.4) is 0 Å². The highest BCUT2D eigenvalue weighted by atomic mass is 79.9. The third-order valence-electron chi connectivity index (χ3n) is 2.99. The minimum Gasteiger partial charge on any atom is -0.370 e. The third-order valence-corrected chi connectivity index (χ3v) is 3.85. The van der Waals surface area contributed by atoms with Crippen LogP contribution >= 0.6 is 15.9 Å². The largest absolute Gasteiger partial charge is 0.370 e. The van der Waals surface area contributed by atoms with Crippen molar-refractivity contribution in [3.8, 4) is 0 Å². The molecule has 0 N–H and O–H groups in total. The second-order valence-corrected chi connectivity index (χ2v) is 5.14. The molecule has 1 atom stereocenters. The van der Waals surface area contributed by atoms with Crippen molar-refractivity contribution in [2.75, 3.05) is 6.61 Å². The van der Waals surface area contributed by atoms with Crippen LogP contribution in [0.5, 0.6) is 0 Å². The van der Waals surface area contributed by atoms with Gasteiger partial charge in [-0.1, -0.05) is 15.9 Å². The molecule has 1 aromatic carbocycles. The van der Waals surface area contributed by atoms with Gasteiger partial charge in [0.15, 0.2) is 5.78 Å². The van der Waals surface area contributed by atoms with E-state index in [4.69, 9.17) is 4.74 Å². The van der Waals surface area contributed by atoms with E-state index < -0.39 is 0 Å². The van der Waals surface area contributed by atoms with Crippen LogP contribution in [0.2, 0.25) is 0 Å². The molecule has 1 heterocycles. The van der Waals surface area contributed by atoms with Gasteiger partial charge in [-0.3, -0.25) is 4.79 Å². The highest BCUT2D eigenvalue weighted by Crippen LogP contribution is 2.24. The van der Waals surface area contributed by atoms with Crippen molar-refractivity contribution in [2.45, 2.75) is 32.8 Å². The molecular weight excluding hydrogens is 268 g/mol. The molecule has 0 amide bonds. The lowest BCUT2D eigenvalue weighted by atomic mass is 9.98. The fourth-order valence-corrected chi connectivity index (χ4v) is 2.46. The van der Waals surface area contributed by atoms with Crippen molar-refractivity contribution in [2.24, 2.45) is 0 Å². The molecule has 0 aromatic heterocycles. The molecule has 0 spiro atoms. The Kier molecular flexibility index (Phi) is 3.45. The van der Waals surface area contributed by atoms with Crippen molar-refractivity contribution in [3.63, 3.8) is 0 Å². The maximum absolute atomic E-state index is 12.2. The molecule has 1 fully saturated rings. The number of halogens is 1. The molecule has 1 aliphatic rings. The number of ketones is 1. The average Bonchev–Trinajstić information content (AvgIpc) is 2.75. The summed E-state index contributed by atoms with van der Waals surface area (Å²) in [5.41, 5.74) is 2.90. The number of carbonyl (C=O) groups excluding carboxylic acids is 1. The fourth-order valence-electron chi connectivity index (χ4n) is 2.00. The van der Waals surface area contributed by atoms with Gasteiger partial charge in [0.25, 0.3) is 0 Å². The summed E-state index contributed by atoms with van der Waals surface area (Å²) in [5.74, 6) is 0.130. The molecule has 16 heavy (non-hydrogen) atoms. The molecule has 1 unspecified atom stereocenters. The average molecular weight is 283 g/mol. The normalized spacial score (nSPS) is 20.1. The minimum absolute atomic E-state index is 0.130. The summed E-state index contributed by atoms with van der Waals surface area (Å²) in [6.45, 7) is 4.67. The van der Waals surface area contributed by atoms with E-state index in [1.165, 1.54) is 0 Å². The topological polar surface area (TPSA) is 26.3 Å². The highest BCUT2D eigenvalue weighted by molar-refractivity contribution is 9.10. The lowest BCUT2D eigenvalue weighted by molar-refractivity contribution is 0.0642. The second kappa shape index (κ2) is 4.68. The number of benzene rings is 1. The molecule has 86 valence electrons. The van der Waals surface area contributed by atoms with Crippen LogP contribution in [-0.2, 0) is 4.74 Å². The zero-order valence-corrected chi connectivity index (χ0v) is 11.1. The number of carbonyl (C=O) groups is 1. The lowest BCUT2D eigenvalue weighted by Crippen LogP contribution is -2.20. The first kappa shape index (κ1) is 11.8. The van der Waals surface area contributed by atoms with Crippen molar-refractivity contribution in [3.05, 3.63) is 33.3 Å². The Bertz CT molecular complexity index is 420. The van der Waals surface area contributed by atoms with E-state index in [-0.39, 0.29) is 11.9 Å². The molecule has 0 radical (unpaired) electrons. The van der Waals surface area contributed by atoms with Gasteiger partial charge in [-0.2, -0.15) is 0 Å². The van der Waals surface area contributed by atoms with Gasteiger partial charge >= 0.3 is 0 Å². The van der Waals surface area contributed by atoms with Gasteiger partial charge in [0.1, 0.15) is 6.10 Å². The maximum atomic E-state index is 12.2. The van der Waals surface area contributed by atoms with E-state index in [0.29, 0.717) is 6.61 Å². The van der Waals surface area contributed by atoms with Crippen LogP contribution in [-0.4, -0.2) is 18.5 Å². The Morgan fingerprint density at radius 2 is 2.12 bits per heavy atom. The predicted octanol–water partition coefficient (Wildman–Crippen LogP) is 3.43. The first-order valence-electron chi connectivity index (χ1n) is 5.52. The van der Waals surface area contributed by atoms with Gasteiger partial charge in [-0.05, 0) is 49.9 Å². The molecule has 0 saturated carbocycles. The monoisotopic (exact) mass is 282 g/mol. The molecule has 1 aromatic rings. The number of Topliss-reactive ketones (excluding diaryl/α,β-unsaturated/α-hetero) is 1. The summed E-state index contributed by atoms with van der Waals surface area (Å²) in [6.07, 6.45) is 1.62. The van der Waals surface area contributed by atoms with Gasteiger partial charge in [0.2, 0.25) is 0 Å². The zero-order valence-electron chi connectivity index (χ0n) is 9.55. The van der Waals surface area contributed by atoms with Gasteiger partial charge in [-0.15, -0.1) is 0 Å². The standard InChI is InChI=1S/C13H15BrO2/c1-8-7-11(14)9(2)6-10(8)13(15)12-4-3-5-16-12/h6-7,12H,3-5H2,1-2H3. The molecule has 0 aliphatic carbocycles. The van der Waals surface area contributed by atoms with E-state index in [1.807, 2.05) is 26.0 Å². The smallest absolute Gasteiger partial charge is 0.191 e. The van der Waals surface area contributed by atoms with E-state index in [1.54, 1.807) is 0 Å². The van der Waals surface area contributed by atoms with E-state index in [0.717, 1.165) is 34.0 Å².